The van der Waals surface area contributed by atoms with Gasteiger partial charge >= 0.3 is 0 Å². The second-order valence-electron chi connectivity index (χ2n) is 7.31. The van der Waals surface area contributed by atoms with Crippen molar-refractivity contribution in [3.63, 3.8) is 0 Å². The Kier molecular flexibility index (Phi) is 5.77. The molecular formula is C19H26IN3O2. The number of halogens is 1. The van der Waals surface area contributed by atoms with Gasteiger partial charge in [-0.2, -0.15) is 4.98 Å². The van der Waals surface area contributed by atoms with Crippen LogP contribution < -0.4 is 4.90 Å². The number of hydrogen-bond donors (Lipinski definition) is 0. The first-order valence-corrected chi connectivity index (χ1v) is 10.3. The molecule has 25 heavy (non-hydrogen) atoms. The first-order chi connectivity index (χ1) is 12.3. The zero-order valence-corrected chi connectivity index (χ0v) is 16.7. The summed E-state index contributed by atoms with van der Waals surface area (Å²) in [6.45, 7) is 5.40. The third-order valence-electron chi connectivity index (χ3n) is 5.61. The van der Waals surface area contributed by atoms with Gasteiger partial charge in [-0.15, -0.1) is 0 Å². The second-order valence-corrected chi connectivity index (χ2v) is 7.93. The Bertz CT molecular complexity index is 659. The minimum absolute atomic E-state index is 0.696. The van der Waals surface area contributed by atoms with E-state index >= 15 is 0 Å². The smallest absolute Gasteiger partial charge is 0.298 e. The van der Waals surface area contributed by atoms with Gasteiger partial charge in [0.15, 0.2) is 5.58 Å². The highest BCUT2D eigenvalue weighted by atomic mass is 127. The molecule has 0 saturated carbocycles. The van der Waals surface area contributed by atoms with Crippen LogP contribution in [0.5, 0.6) is 0 Å². The summed E-state index contributed by atoms with van der Waals surface area (Å²) < 4.78 is 11.2. The van der Waals surface area contributed by atoms with Gasteiger partial charge in [0, 0.05) is 25.7 Å². The lowest BCUT2D eigenvalue weighted by atomic mass is 9.97. The monoisotopic (exact) mass is 455 g/mol. The predicted octanol–water partition coefficient (Wildman–Crippen LogP) is 4.27. The zero-order valence-electron chi connectivity index (χ0n) is 14.6. The fraction of sp³-hybridized carbons (Fsp3) is 0.632. The van der Waals surface area contributed by atoms with Crippen LogP contribution in [-0.2, 0) is 3.07 Å². The van der Waals surface area contributed by atoms with Crippen molar-refractivity contribution in [1.29, 1.82) is 0 Å². The van der Waals surface area contributed by atoms with Crippen LogP contribution in [0, 0.1) is 5.92 Å². The molecule has 1 aromatic carbocycles. The van der Waals surface area contributed by atoms with E-state index in [1.54, 1.807) is 0 Å². The number of piperidine rings is 1. The normalized spacial score (nSPS) is 25.1. The molecule has 0 amide bonds. The van der Waals surface area contributed by atoms with Crippen LogP contribution in [0.2, 0.25) is 0 Å². The molecule has 0 aliphatic carbocycles. The van der Waals surface area contributed by atoms with Crippen LogP contribution in [0.25, 0.3) is 11.1 Å². The average molecular weight is 455 g/mol. The first kappa shape index (κ1) is 17.5. The minimum atomic E-state index is 0.696. The molecule has 2 aliphatic rings. The van der Waals surface area contributed by atoms with Crippen molar-refractivity contribution >= 4 is 40.1 Å². The maximum Gasteiger partial charge on any atom is 0.298 e. The largest absolute Gasteiger partial charge is 0.423 e. The zero-order chi connectivity index (χ0) is 17.1. The molecule has 0 N–H and O–H groups in total. The van der Waals surface area contributed by atoms with Crippen molar-refractivity contribution in [2.45, 2.75) is 38.1 Å². The van der Waals surface area contributed by atoms with E-state index in [9.17, 15) is 0 Å². The highest BCUT2D eigenvalue weighted by Gasteiger charge is 2.30. The molecule has 5 nitrogen and oxygen atoms in total. The number of para-hydroxylation sites is 2. The third kappa shape index (κ3) is 4.11. The Labute approximate surface area is 163 Å². The van der Waals surface area contributed by atoms with Crippen molar-refractivity contribution < 1.29 is 7.48 Å². The average Bonchev–Trinajstić information content (AvgIpc) is 3.27. The summed E-state index contributed by atoms with van der Waals surface area (Å²) >= 11 is 2.01. The van der Waals surface area contributed by atoms with Crippen LogP contribution in [0.15, 0.2) is 28.7 Å². The van der Waals surface area contributed by atoms with Gasteiger partial charge in [-0.3, -0.25) is 4.90 Å². The SMILES string of the molecule is IOCC[C@@H]1CCCCN1C[C@H]1CCN(c2nc3ccccc3o2)C1. The summed E-state index contributed by atoms with van der Waals surface area (Å²) in [4.78, 5) is 9.68. The van der Waals surface area contributed by atoms with E-state index in [1.807, 2.05) is 47.3 Å². The Balaban J connectivity index is 1.36. The van der Waals surface area contributed by atoms with E-state index in [-0.39, 0.29) is 0 Å². The quantitative estimate of drug-likeness (QED) is 0.609. The highest BCUT2D eigenvalue weighted by molar-refractivity contribution is 14.1. The van der Waals surface area contributed by atoms with E-state index in [0.29, 0.717) is 12.0 Å². The Morgan fingerprint density at radius 3 is 3.00 bits per heavy atom. The molecule has 4 rings (SSSR count). The van der Waals surface area contributed by atoms with Crippen molar-refractivity contribution in [1.82, 2.24) is 9.88 Å². The number of likely N-dealkylation sites (tertiary alicyclic amines) is 1. The molecule has 1 aromatic heterocycles. The number of nitrogens with zero attached hydrogens (tertiary/aromatic N) is 3. The van der Waals surface area contributed by atoms with Crippen LogP contribution in [-0.4, -0.2) is 48.7 Å². The molecule has 2 aromatic rings. The Morgan fingerprint density at radius 1 is 1.20 bits per heavy atom. The van der Waals surface area contributed by atoms with Gasteiger partial charge in [-0.05, 0) is 50.3 Å². The molecule has 2 fully saturated rings. The maximum atomic E-state index is 5.95. The van der Waals surface area contributed by atoms with Crippen LogP contribution >= 0.6 is 23.0 Å². The minimum Gasteiger partial charge on any atom is -0.423 e. The van der Waals surface area contributed by atoms with E-state index in [0.717, 1.165) is 43.2 Å². The lowest BCUT2D eigenvalue weighted by molar-refractivity contribution is 0.113. The molecule has 136 valence electrons. The van der Waals surface area contributed by atoms with E-state index in [4.69, 9.17) is 7.48 Å². The van der Waals surface area contributed by atoms with Gasteiger partial charge in [-0.25, -0.2) is 0 Å². The lowest BCUT2D eigenvalue weighted by Crippen LogP contribution is -2.43. The molecule has 3 heterocycles. The van der Waals surface area contributed by atoms with Gasteiger partial charge in [0.25, 0.3) is 6.01 Å². The molecule has 2 atom stereocenters. The molecular weight excluding hydrogens is 429 g/mol. The third-order valence-corrected chi connectivity index (χ3v) is 6.05. The van der Waals surface area contributed by atoms with Crippen molar-refractivity contribution in [3.05, 3.63) is 24.3 Å². The molecule has 0 bridgehead atoms. The van der Waals surface area contributed by atoms with Crippen LogP contribution in [0.4, 0.5) is 6.01 Å². The van der Waals surface area contributed by atoms with Crippen molar-refractivity contribution in [2.24, 2.45) is 5.92 Å². The first-order valence-electron chi connectivity index (χ1n) is 9.41. The Morgan fingerprint density at radius 2 is 2.12 bits per heavy atom. The van der Waals surface area contributed by atoms with Gasteiger partial charge in [-0.1, -0.05) is 18.6 Å². The van der Waals surface area contributed by atoms with E-state index in [2.05, 4.69) is 14.8 Å². The topological polar surface area (TPSA) is 41.7 Å². The second kappa shape index (κ2) is 8.22. The van der Waals surface area contributed by atoms with Crippen LogP contribution in [0.3, 0.4) is 0 Å². The number of fused-ring (bicyclic) bond motifs is 1. The number of anilines is 1. The fourth-order valence-corrected chi connectivity index (χ4v) is 4.54. The molecule has 2 aliphatic heterocycles. The van der Waals surface area contributed by atoms with E-state index in [1.165, 1.54) is 38.8 Å². The summed E-state index contributed by atoms with van der Waals surface area (Å²) in [5, 5.41) is 0. The highest BCUT2D eigenvalue weighted by Crippen LogP contribution is 2.29. The van der Waals surface area contributed by atoms with Gasteiger partial charge < -0.3 is 12.4 Å². The van der Waals surface area contributed by atoms with Crippen molar-refractivity contribution in [3.8, 4) is 0 Å². The van der Waals surface area contributed by atoms with Crippen molar-refractivity contribution in [2.75, 3.05) is 37.7 Å². The Hall–Kier alpha value is -0.860. The fourth-order valence-electron chi connectivity index (χ4n) is 4.29. The summed E-state index contributed by atoms with van der Waals surface area (Å²) in [6.07, 6.45) is 6.40. The summed E-state index contributed by atoms with van der Waals surface area (Å²) in [6, 6.07) is 9.51. The number of oxazole rings is 1. The maximum absolute atomic E-state index is 5.95. The standard InChI is InChI=1S/C19H26IN3O2/c20-24-12-9-16-5-3-4-10-22(16)13-15-8-11-23(14-15)19-21-17-6-1-2-7-18(17)25-19/h1-2,6-7,15-16H,3-5,8-14H2/t15-,16+/m1/s1. The molecule has 0 spiro atoms. The number of aromatic nitrogens is 1. The summed E-state index contributed by atoms with van der Waals surface area (Å²) in [5.74, 6) is 0.705. The van der Waals surface area contributed by atoms with Gasteiger partial charge in [0.1, 0.15) is 28.5 Å². The number of hydrogen-bond acceptors (Lipinski definition) is 5. The predicted molar refractivity (Wildman–Crippen MR) is 108 cm³/mol. The van der Waals surface area contributed by atoms with E-state index < -0.39 is 0 Å². The molecule has 6 heteroatoms. The number of rotatable bonds is 6. The van der Waals surface area contributed by atoms with Gasteiger partial charge in [0.2, 0.25) is 0 Å². The number of benzene rings is 1. The molecule has 0 radical (unpaired) electrons. The molecule has 0 unspecified atom stereocenters. The van der Waals surface area contributed by atoms with Crippen LogP contribution in [0.1, 0.15) is 32.1 Å². The molecule has 2 saturated heterocycles. The summed E-state index contributed by atoms with van der Waals surface area (Å²) in [7, 11) is 0. The van der Waals surface area contributed by atoms with Gasteiger partial charge in [0.05, 0.1) is 6.61 Å². The lowest BCUT2D eigenvalue weighted by Gasteiger charge is -2.37. The summed E-state index contributed by atoms with van der Waals surface area (Å²) in [5.41, 5.74) is 1.84.